The largest absolute Gasteiger partial charge is 0.366 e. The third-order valence-electron chi connectivity index (χ3n) is 4.17. The van der Waals surface area contributed by atoms with Gasteiger partial charge in [0.2, 0.25) is 0 Å². The van der Waals surface area contributed by atoms with Gasteiger partial charge in [-0.1, -0.05) is 11.6 Å². The summed E-state index contributed by atoms with van der Waals surface area (Å²) in [5.41, 5.74) is 1.25. The predicted octanol–water partition coefficient (Wildman–Crippen LogP) is 3.78. The lowest BCUT2D eigenvalue weighted by atomic mass is 10.1. The van der Waals surface area contributed by atoms with Crippen LogP contribution in [0.3, 0.4) is 0 Å². The Balaban J connectivity index is 1.84. The number of rotatable bonds is 1. The van der Waals surface area contributed by atoms with Crippen LogP contribution in [-0.4, -0.2) is 36.6 Å². The molecule has 2 atom stereocenters. The Kier molecular flexibility index (Phi) is 3.57. The summed E-state index contributed by atoms with van der Waals surface area (Å²) in [5.74, 6) is 0. The summed E-state index contributed by atoms with van der Waals surface area (Å²) in [6.07, 6.45) is 2.69. The summed E-state index contributed by atoms with van der Waals surface area (Å²) in [4.78, 5) is 5.15. The van der Waals surface area contributed by atoms with Gasteiger partial charge in [0, 0.05) is 35.3 Å². The summed E-state index contributed by atoms with van der Waals surface area (Å²) in [6, 6.07) is 7.59. The van der Waals surface area contributed by atoms with Crippen molar-refractivity contribution in [3.05, 3.63) is 27.7 Å². The maximum absolute atomic E-state index is 6.21. The number of fused-ring (bicyclic) bond motifs is 1. The maximum atomic E-state index is 6.21. The minimum atomic E-state index is 0.566. The zero-order chi connectivity index (χ0) is 12.7. The average Bonchev–Trinajstić information content (AvgIpc) is 2.79. The van der Waals surface area contributed by atoms with Gasteiger partial charge in [-0.15, -0.1) is 0 Å². The molecule has 2 aliphatic rings. The van der Waals surface area contributed by atoms with Gasteiger partial charge < -0.3 is 4.90 Å². The Hall–Kier alpha value is -0.250. The Labute approximate surface area is 122 Å². The van der Waals surface area contributed by atoms with Gasteiger partial charge in [0.25, 0.3) is 0 Å². The van der Waals surface area contributed by atoms with Gasteiger partial charge in [-0.3, -0.25) is 4.90 Å². The third kappa shape index (κ3) is 2.28. The van der Waals surface area contributed by atoms with Crippen molar-refractivity contribution < 1.29 is 0 Å². The lowest BCUT2D eigenvalue weighted by molar-refractivity contribution is 0.203. The second-order valence-electron chi connectivity index (χ2n) is 5.39. The first-order valence-corrected chi connectivity index (χ1v) is 7.78. The van der Waals surface area contributed by atoms with E-state index in [1.54, 1.807) is 0 Å². The number of benzene rings is 1. The van der Waals surface area contributed by atoms with E-state index in [4.69, 9.17) is 11.6 Å². The Morgan fingerprint density at radius 1 is 1.33 bits per heavy atom. The molecule has 0 spiro atoms. The molecule has 1 aromatic rings. The van der Waals surface area contributed by atoms with E-state index in [1.807, 2.05) is 6.07 Å². The molecule has 2 aliphatic heterocycles. The van der Waals surface area contributed by atoms with Crippen molar-refractivity contribution in [3.63, 3.8) is 0 Å². The fourth-order valence-electron chi connectivity index (χ4n) is 3.21. The smallest absolute Gasteiger partial charge is 0.0568 e. The quantitative estimate of drug-likeness (QED) is 0.774. The Morgan fingerprint density at radius 2 is 2.17 bits per heavy atom. The van der Waals surface area contributed by atoms with E-state index in [0.717, 1.165) is 22.1 Å². The van der Waals surface area contributed by atoms with E-state index < -0.39 is 0 Å². The SMILES string of the molecule is CC1CN2CCCC2CN1c1ccc(Br)c(Cl)c1. The fourth-order valence-corrected chi connectivity index (χ4v) is 3.63. The molecular formula is C14H18BrClN2. The number of anilines is 1. The first-order chi connectivity index (χ1) is 8.65. The van der Waals surface area contributed by atoms with Crippen LogP contribution >= 0.6 is 27.5 Å². The topological polar surface area (TPSA) is 6.48 Å². The highest BCUT2D eigenvalue weighted by Gasteiger charge is 2.34. The van der Waals surface area contributed by atoms with Gasteiger partial charge in [0.1, 0.15) is 0 Å². The third-order valence-corrected chi connectivity index (χ3v) is 5.40. The number of hydrogen-bond donors (Lipinski definition) is 0. The van der Waals surface area contributed by atoms with Gasteiger partial charge in [0.05, 0.1) is 5.02 Å². The molecule has 2 saturated heterocycles. The van der Waals surface area contributed by atoms with Crippen LogP contribution < -0.4 is 4.90 Å². The van der Waals surface area contributed by atoms with E-state index in [9.17, 15) is 0 Å². The predicted molar refractivity (Wildman–Crippen MR) is 80.6 cm³/mol. The van der Waals surface area contributed by atoms with Crippen LogP contribution in [0.2, 0.25) is 5.02 Å². The van der Waals surface area contributed by atoms with Crippen molar-refractivity contribution in [2.45, 2.75) is 31.8 Å². The molecule has 2 unspecified atom stereocenters. The lowest BCUT2D eigenvalue weighted by Gasteiger charge is -2.43. The molecule has 0 radical (unpaired) electrons. The van der Waals surface area contributed by atoms with E-state index in [2.05, 4.69) is 44.8 Å². The van der Waals surface area contributed by atoms with Gasteiger partial charge in [-0.25, -0.2) is 0 Å². The normalized spacial score (nSPS) is 28.5. The molecule has 4 heteroatoms. The van der Waals surface area contributed by atoms with E-state index in [0.29, 0.717) is 6.04 Å². The number of hydrogen-bond acceptors (Lipinski definition) is 2. The van der Waals surface area contributed by atoms with Gasteiger partial charge in [0.15, 0.2) is 0 Å². The highest BCUT2D eigenvalue weighted by atomic mass is 79.9. The van der Waals surface area contributed by atoms with Crippen molar-refractivity contribution >= 4 is 33.2 Å². The molecule has 98 valence electrons. The molecular weight excluding hydrogens is 312 g/mol. The molecule has 0 N–H and O–H groups in total. The molecule has 1 aromatic carbocycles. The minimum absolute atomic E-state index is 0.566. The zero-order valence-corrected chi connectivity index (χ0v) is 12.9. The van der Waals surface area contributed by atoms with E-state index in [1.165, 1.54) is 31.6 Å². The van der Waals surface area contributed by atoms with Crippen LogP contribution in [0.1, 0.15) is 19.8 Å². The highest BCUT2D eigenvalue weighted by molar-refractivity contribution is 9.10. The zero-order valence-electron chi connectivity index (χ0n) is 10.6. The minimum Gasteiger partial charge on any atom is -0.366 e. The van der Waals surface area contributed by atoms with Crippen molar-refractivity contribution in [3.8, 4) is 0 Å². The van der Waals surface area contributed by atoms with E-state index in [-0.39, 0.29) is 0 Å². The second-order valence-corrected chi connectivity index (χ2v) is 6.65. The standard InChI is InChI=1S/C14H18BrClN2/c1-10-8-17-6-2-3-12(17)9-18(10)11-4-5-13(15)14(16)7-11/h4-5,7,10,12H,2-3,6,8-9H2,1H3. The van der Waals surface area contributed by atoms with Crippen LogP contribution in [0, 0.1) is 0 Å². The number of halogens is 2. The first-order valence-electron chi connectivity index (χ1n) is 6.61. The summed E-state index contributed by atoms with van der Waals surface area (Å²) in [6.45, 7) is 5.91. The molecule has 2 heterocycles. The van der Waals surface area contributed by atoms with Crippen molar-refractivity contribution in [1.29, 1.82) is 0 Å². The molecule has 0 aliphatic carbocycles. The van der Waals surface area contributed by atoms with Gasteiger partial charge in [-0.2, -0.15) is 0 Å². The molecule has 2 nitrogen and oxygen atoms in total. The second kappa shape index (κ2) is 5.03. The Bertz CT molecular complexity index is 451. The summed E-state index contributed by atoms with van der Waals surface area (Å²) in [7, 11) is 0. The first kappa shape index (κ1) is 12.8. The number of nitrogens with zero attached hydrogens (tertiary/aromatic N) is 2. The van der Waals surface area contributed by atoms with Crippen molar-refractivity contribution in [1.82, 2.24) is 4.90 Å². The molecule has 0 saturated carbocycles. The van der Waals surface area contributed by atoms with Crippen LogP contribution in [0.15, 0.2) is 22.7 Å². The fraction of sp³-hybridized carbons (Fsp3) is 0.571. The summed E-state index contributed by atoms with van der Waals surface area (Å²) >= 11 is 9.66. The number of piperazine rings is 1. The molecule has 3 rings (SSSR count). The van der Waals surface area contributed by atoms with Crippen LogP contribution in [-0.2, 0) is 0 Å². The summed E-state index contributed by atoms with van der Waals surface area (Å²) < 4.78 is 0.972. The van der Waals surface area contributed by atoms with Crippen LogP contribution in [0.25, 0.3) is 0 Å². The molecule has 0 amide bonds. The van der Waals surface area contributed by atoms with Gasteiger partial charge >= 0.3 is 0 Å². The van der Waals surface area contributed by atoms with Crippen LogP contribution in [0.4, 0.5) is 5.69 Å². The maximum Gasteiger partial charge on any atom is 0.0568 e. The lowest BCUT2D eigenvalue weighted by Crippen LogP contribution is -2.55. The van der Waals surface area contributed by atoms with Crippen LogP contribution in [0.5, 0.6) is 0 Å². The Morgan fingerprint density at radius 3 is 2.94 bits per heavy atom. The molecule has 0 bridgehead atoms. The van der Waals surface area contributed by atoms with Crippen molar-refractivity contribution in [2.24, 2.45) is 0 Å². The average molecular weight is 330 g/mol. The highest BCUT2D eigenvalue weighted by Crippen LogP contribution is 2.32. The van der Waals surface area contributed by atoms with Crippen molar-refractivity contribution in [2.75, 3.05) is 24.5 Å². The molecule has 0 aromatic heterocycles. The monoisotopic (exact) mass is 328 g/mol. The van der Waals surface area contributed by atoms with E-state index >= 15 is 0 Å². The van der Waals surface area contributed by atoms with Gasteiger partial charge in [-0.05, 0) is 60.4 Å². The summed E-state index contributed by atoms with van der Waals surface area (Å²) in [5, 5.41) is 0.800. The molecule has 18 heavy (non-hydrogen) atoms. The molecule has 2 fully saturated rings.